The molecule has 1 atom stereocenters. The van der Waals surface area contributed by atoms with Crippen LogP contribution >= 0.6 is 0 Å². The number of benzene rings is 2. The molecule has 0 aliphatic carbocycles. The molecule has 2 rings (SSSR count). The third-order valence-corrected chi connectivity index (χ3v) is 5.34. The van der Waals surface area contributed by atoms with E-state index in [2.05, 4.69) is 31.6 Å². The summed E-state index contributed by atoms with van der Waals surface area (Å²) >= 11 is 0. The van der Waals surface area contributed by atoms with Crippen LogP contribution in [-0.4, -0.2) is 43.4 Å². The highest BCUT2D eigenvalue weighted by molar-refractivity contribution is 6.08. The van der Waals surface area contributed by atoms with Crippen molar-refractivity contribution in [3.8, 4) is 17.2 Å². The Hall–Kier alpha value is -4.66. The smallest absolute Gasteiger partial charge is 0.330 e. The number of carbonyl (C=O) groups is 2. The first kappa shape index (κ1) is 32.6. The van der Waals surface area contributed by atoms with Gasteiger partial charge < -0.3 is 34.7 Å². The van der Waals surface area contributed by atoms with E-state index in [0.717, 1.165) is 11.6 Å². The fraction of sp³-hybridized carbons (Fsp3) is 0.312. The molecule has 0 bridgehead atoms. The summed E-state index contributed by atoms with van der Waals surface area (Å²) in [6, 6.07) is 8.41. The quantitative estimate of drug-likeness (QED) is 0.0788. The summed E-state index contributed by atoms with van der Waals surface area (Å²) in [4.78, 5) is 25.5. The number of esters is 1. The van der Waals surface area contributed by atoms with Gasteiger partial charge in [0.2, 0.25) is 0 Å². The van der Waals surface area contributed by atoms with Crippen LogP contribution in [0.25, 0.3) is 0 Å². The van der Waals surface area contributed by atoms with E-state index in [9.17, 15) is 9.59 Å². The van der Waals surface area contributed by atoms with Gasteiger partial charge in [0.05, 0.1) is 29.1 Å². The third-order valence-electron chi connectivity index (χ3n) is 5.34. The molecule has 41 heavy (non-hydrogen) atoms. The van der Waals surface area contributed by atoms with Crippen molar-refractivity contribution in [2.75, 3.05) is 24.3 Å². The monoisotopic (exact) mass is 564 g/mol. The summed E-state index contributed by atoms with van der Waals surface area (Å²) in [7, 11) is 0. The summed E-state index contributed by atoms with van der Waals surface area (Å²) in [5.41, 5.74) is 7.88. The predicted octanol–water partition coefficient (Wildman–Crippen LogP) is 6.02. The summed E-state index contributed by atoms with van der Waals surface area (Å²) in [5, 5.41) is 2.90. The average molecular weight is 565 g/mol. The minimum absolute atomic E-state index is 0.147. The number of amides is 1. The molecule has 9 heteroatoms. The van der Waals surface area contributed by atoms with Gasteiger partial charge in [-0.05, 0) is 57.5 Å². The molecular formula is C32H40N2O7. The van der Waals surface area contributed by atoms with Crippen LogP contribution in [0.5, 0.6) is 17.2 Å². The van der Waals surface area contributed by atoms with Crippen molar-refractivity contribution >= 4 is 23.3 Å². The fourth-order valence-corrected chi connectivity index (χ4v) is 3.62. The standard InChI is InChI=1S/C32H40N2O7/c1-9-16-37-22(8)27(41-29(35)11-3)18-23-12-15-26(28(19-23)39-20(4)5)34-32(36)24-13-14-25(33)31(40-21(6)7)30(24)38-17-10-2/h9-15,19-21,27H,1-3,8,16-18,33H2,4-7H3,(H,34,36). The Balaban J connectivity index is 2.44. The highest BCUT2D eigenvalue weighted by Crippen LogP contribution is 2.39. The second kappa shape index (κ2) is 15.8. The van der Waals surface area contributed by atoms with Crippen LogP contribution in [0.4, 0.5) is 11.4 Å². The van der Waals surface area contributed by atoms with Crippen LogP contribution in [0.1, 0.15) is 43.6 Å². The zero-order valence-electron chi connectivity index (χ0n) is 24.2. The number of carbonyl (C=O) groups excluding carboxylic acids is 2. The van der Waals surface area contributed by atoms with Crippen molar-refractivity contribution in [2.24, 2.45) is 0 Å². The summed E-state index contributed by atoms with van der Waals surface area (Å²) in [6.45, 7) is 22.4. The van der Waals surface area contributed by atoms with Gasteiger partial charge in [0.15, 0.2) is 17.6 Å². The van der Waals surface area contributed by atoms with Crippen LogP contribution in [0.15, 0.2) is 80.6 Å². The van der Waals surface area contributed by atoms with Gasteiger partial charge >= 0.3 is 5.97 Å². The van der Waals surface area contributed by atoms with Gasteiger partial charge in [-0.1, -0.05) is 44.5 Å². The highest BCUT2D eigenvalue weighted by Gasteiger charge is 2.23. The molecule has 2 aromatic carbocycles. The molecule has 3 N–H and O–H groups in total. The summed E-state index contributed by atoms with van der Waals surface area (Å²) < 4.78 is 28.7. The lowest BCUT2D eigenvalue weighted by Gasteiger charge is -2.22. The Kier molecular flexibility index (Phi) is 12.6. The van der Waals surface area contributed by atoms with Crippen molar-refractivity contribution in [1.82, 2.24) is 0 Å². The lowest BCUT2D eigenvalue weighted by atomic mass is 10.0. The van der Waals surface area contributed by atoms with Gasteiger partial charge in [-0.3, -0.25) is 4.79 Å². The van der Waals surface area contributed by atoms with Crippen LogP contribution < -0.4 is 25.3 Å². The second-order valence-electron chi connectivity index (χ2n) is 9.48. The minimum atomic E-state index is -0.786. The van der Waals surface area contributed by atoms with Crippen molar-refractivity contribution in [3.05, 3.63) is 91.8 Å². The Bertz CT molecular complexity index is 1270. The predicted molar refractivity (Wildman–Crippen MR) is 162 cm³/mol. The van der Waals surface area contributed by atoms with Gasteiger partial charge in [-0.2, -0.15) is 0 Å². The zero-order chi connectivity index (χ0) is 30.5. The van der Waals surface area contributed by atoms with Gasteiger partial charge in [0, 0.05) is 12.5 Å². The van der Waals surface area contributed by atoms with E-state index in [1.165, 1.54) is 0 Å². The van der Waals surface area contributed by atoms with Crippen LogP contribution in [-0.2, 0) is 20.7 Å². The van der Waals surface area contributed by atoms with Gasteiger partial charge in [0.25, 0.3) is 5.91 Å². The van der Waals surface area contributed by atoms with Crippen LogP contribution in [0, 0.1) is 0 Å². The maximum Gasteiger partial charge on any atom is 0.330 e. The summed E-state index contributed by atoms with van der Waals surface area (Å²) in [6.07, 6.45) is 3.26. The van der Waals surface area contributed by atoms with E-state index >= 15 is 0 Å². The molecule has 0 heterocycles. The molecule has 1 unspecified atom stereocenters. The number of nitrogen functional groups attached to an aromatic ring is 1. The molecule has 0 aromatic heterocycles. The average Bonchev–Trinajstić information content (AvgIpc) is 2.92. The lowest BCUT2D eigenvalue weighted by molar-refractivity contribution is -0.142. The molecule has 2 aromatic rings. The molecule has 0 aliphatic rings. The van der Waals surface area contributed by atoms with Crippen molar-refractivity contribution < 1.29 is 33.3 Å². The maximum atomic E-state index is 13.5. The SMILES string of the molecule is C=CCOC(=C)C(Cc1ccc(NC(=O)c2ccc(N)c(OC(C)C)c2OCC=C)c(OC(C)C)c1)OC(=O)C=C. The molecule has 0 saturated carbocycles. The second-order valence-corrected chi connectivity index (χ2v) is 9.48. The molecule has 0 spiro atoms. The lowest BCUT2D eigenvalue weighted by Crippen LogP contribution is -2.23. The van der Waals surface area contributed by atoms with E-state index in [0.29, 0.717) is 17.1 Å². The van der Waals surface area contributed by atoms with Gasteiger partial charge in [0.1, 0.15) is 24.7 Å². The zero-order valence-corrected chi connectivity index (χ0v) is 24.2. The van der Waals surface area contributed by atoms with Crippen LogP contribution in [0.2, 0.25) is 0 Å². The number of anilines is 2. The van der Waals surface area contributed by atoms with Gasteiger partial charge in [-0.15, -0.1) is 0 Å². The van der Waals surface area contributed by atoms with E-state index in [1.807, 2.05) is 27.7 Å². The molecule has 0 saturated heterocycles. The molecular weight excluding hydrogens is 524 g/mol. The first-order valence-corrected chi connectivity index (χ1v) is 13.2. The van der Waals surface area contributed by atoms with E-state index in [1.54, 1.807) is 42.5 Å². The van der Waals surface area contributed by atoms with E-state index in [4.69, 9.17) is 29.4 Å². The molecule has 9 nitrogen and oxygen atoms in total. The Labute approximate surface area is 242 Å². The maximum absolute atomic E-state index is 13.5. The van der Waals surface area contributed by atoms with Gasteiger partial charge in [-0.25, -0.2) is 4.79 Å². The van der Waals surface area contributed by atoms with Crippen molar-refractivity contribution in [2.45, 2.75) is 52.4 Å². The number of nitrogens with one attached hydrogen (secondary N) is 1. The molecule has 1 amide bonds. The number of ether oxygens (including phenoxy) is 5. The Morgan fingerprint density at radius 1 is 0.951 bits per heavy atom. The molecule has 0 aliphatic heterocycles. The number of hydrogen-bond donors (Lipinski definition) is 2. The largest absolute Gasteiger partial charge is 0.491 e. The fourth-order valence-electron chi connectivity index (χ4n) is 3.62. The number of hydrogen-bond acceptors (Lipinski definition) is 8. The van der Waals surface area contributed by atoms with E-state index < -0.39 is 18.0 Å². The van der Waals surface area contributed by atoms with E-state index in [-0.39, 0.29) is 54.7 Å². The Morgan fingerprint density at radius 3 is 2.24 bits per heavy atom. The molecule has 0 radical (unpaired) electrons. The summed E-state index contributed by atoms with van der Waals surface area (Å²) in [5.74, 6) is 0.104. The number of rotatable bonds is 17. The first-order chi connectivity index (χ1) is 19.5. The van der Waals surface area contributed by atoms with Crippen molar-refractivity contribution in [3.63, 3.8) is 0 Å². The molecule has 220 valence electrons. The molecule has 0 fully saturated rings. The highest BCUT2D eigenvalue weighted by atomic mass is 16.6. The topological polar surface area (TPSA) is 118 Å². The normalized spacial score (nSPS) is 11.3. The minimum Gasteiger partial charge on any atom is -0.491 e. The number of nitrogens with two attached hydrogens (primary N) is 1. The van der Waals surface area contributed by atoms with Crippen molar-refractivity contribution in [1.29, 1.82) is 0 Å². The first-order valence-electron chi connectivity index (χ1n) is 13.2. The van der Waals surface area contributed by atoms with Crippen LogP contribution in [0.3, 0.4) is 0 Å². The Morgan fingerprint density at radius 2 is 1.63 bits per heavy atom. The third kappa shape index (κ3) is 9.79.